The summed E-state index contributed by atoms with van der Waals surface area (Å²) in [5, 5.41) is 11.6. The van der Waals surface area contributed by atoms with Gasteiger partial charge in [-0.25, -0.2) is 4.79 Å². The molecule has 0 unspecified atom stereocenters. The van der Waals surface area contributed by atoms with Crippen molar-refractivity contribution in [3.8, 4) is 0 Å². The third-order valence-corrected chi connectivity index (χ3v) is 4.67. The van der Waals surface area contributed by atoms with Gasteiger partial charge in [0.1, 0.15) is 0 Å². The number of carbonyl (C=O) groups excluding carboxylic acids is 2. The van der Waals surface area contributed by atoms with E-state index in [4.69, 9.17) is 5.11 Å². The van der Waals surface area contributed by atoms with Gasteiger partial charge in [-0.2, -0.15) is 0 Å². The van der Waals surface area contributed by atoms with Crippen LogP contribution in [0.3, 0.4) is 0 Å². The predicted molar refractivity (Wildman–Crippen MR) is 110 cm³/mol. The Balaban J connectivity index is 3.42. The fraction of sp³-hybridized carbons (Fsp3) is 0.818. The van der Waals surface area contributed by atoms with Gasteiger partial charge in [-0.3, -0.25) is 4.79 Å². The summed E-state index contributed by atoms with van der Waals surface area (Å²) in [6.45, 7) is 1.81. The molecule has 158 valence electrons. The SMILES string of the molecule is CCCCCCCCC=CCCCCCCCC(=O)N[C@@H](CO)C(=O)OC. The lowest BCUT2D eigenvalue weighted by Crippen LogP contribution is -2.43. The molecule has 0 aliphatic heterocycles. The molecule has 0 aromatic carbocycles. The number of aliphatic hydroxyl groups is 1. The monoisotopic (exact) mass is 383 g/mol. The van der Waals surface area contributed by atoms with Crippen molar-refractivity contribution < 1.29 is 19.4 Å². The number of allylic oxidation sites excluding steroid dienone is 2. The first-order valence-electron chi connectivity index (χ1n) is 10.8. The van der Waals surface area contributed by atoms with Crippen LogP contribution in [0, 0.1) is 0 Å². The molecule has 0 heterocycles. The minimum absolute atomic E-state index is 0.211. The van der Waals surface area contributed by atoms with Gasteiger partial charge in [-0.1, -0.05) is 70.4 Å². The smallest absolute Gasteiger partial charge is 0.330 e. The number of ether oxygens (including phenoxy) is 1. The molecule has 0 aromatic heterocycles. The Morgan fingerprint density at radius 1 is 0.889 bits per heavy atom. The van der Waals surface area contributed by atoms with Crippen molar-refractivity contribution in [1.29, 1.82) is 0 Å². The zero-order valence-corrected chi connectivity index (χ0v) is 17.5. The van der Waals surface area contributed by atoms with Gasteiger partial charge in [0.2, 0.25) is 5.91 Å². The van der Waals surface area contributed by atoms with E-state index < -0.39 is 18.6 Å². The van der Waals surface area contributed by atoms with Crippen molar-refractivity contribution in [2.75, 3.05) is 13.7 Å². The molecule has 0 saturated heterocycles. The molecule has 5 nitrogen and oxygen atoms in total. The molecular weight excluding hydrogens is 342 g/mol. The average molecular weight is 384 g/mol. The van der Waals surface area contributed by atoms with E-state index in [-0.39, 0.29) is 5.91 Å². The van der Waals surface area contributed by atoms with Crippen LogP contribution in [0.25, 0.3) is 0 Å². The molecule has 0 aliphatic carbocycles. The Morgan fingerprint density at radius 2 is 1.41 bits per heavy atom. The van der Waals surface area contributed by atoms with Gasteiger partial charge in [0.05, 0.1) is 13.7 Å². The molecule has 1 amide bonds. The average Bonchev–Trinajstić information content (AvgIpc) is 2.68. The normalized spacial score (nSPS) is 12.3. The van der Waals surface area contributed by atoms with Crippen molar-refractivity contribution in [3.05, 3.63) is 12.2 Å². The summed E-state index contributed by atoms with van der Waals surface area (Å²) >= 11 is 0. The fourth-order valence-electron chi connectivity index (χ4n) is 2.94. The van der Waals surface area contributed by atoms with E-state index in [0.29, 0.717) is 6.42 Å². The summed E-state index contributed by atoms with van der Waals surface area (Å²) in [4.78, 5) is 23.0. The van der Waals surface area contributed by atoms with Gasteiger partial charge in [0.15, 0.2) is 6.04 Å². The molecule has 0 radical (unpaired) electrons. The maximum absolute atomic E-state index is 11.7. The number of hydrogen-bond donors (Lipinski definition) is 2. The standard InChI is InChI=1S/C22H41NO4/c1-3-4-5-6-7-8-9-10-11-12-13-14-15-16-17-18-21(25)23-20(19-24)22(26)27-2/h10-11,20,24H,3-9,12-19H2,1-2H3,(H,23,25)/t20-/m0/s1. The molecule has 0 aromatic rings. The molecule has 0 aliphatic rings. The number of aliphatic hydroxyl groups excluding tert-OH is 1. The summed E-state index contributed by atoms with van der Waals surface area (Å²) in [5.41, 5.74) is 0. The largest absolute Gasteiger partial charge is 0.467 e. The maximum Gasteiger partial charge on any atom is 0.330 e. The van der Waals surface area contributed by atoms with E-state index in [9.17, 15) is 9.59 Å². The number of carbonyl (C=O) groups is 2. The Morgan fingerprint density at radius 3 is 1.93 bits per heavy atom. The van der Waals surface area contributed by atoms with E-state index in [0.717, 1.165) is 25.7 Å². The molecule has 2 N–H and O–H groups in total. The van der Waals surface area contributed by atoms with Crippen LogP contribution in [0.4, 0.5) is 0 Å². The number of amides is 1. The highest BCUT2D eigenvalue weighted by molar-refractivity contribution is 5.84. The van der Waals surface area contributed by atoms with Crippen molar-refractivity contribution >= 4 is 11.9 Å². The van der Waals surface area contributed by atoms with Crippen molar-refractivity contribution in [2.45, 2.75) is 103 Å². The molecule has 0 fully saturated rings. The third kappa shape index (κ3) is 16.5. The van der Waals surface area contributed by atoms with Crippen LogP contribution >= 0.6 is 0 Å². The number of unbranched alkanes of at least 4 members (excludes halogenated alkanes) is 11. The molecule has 0 saturated carbocycles. The van der Waals surface area contributed by atoms with Gasteiger partial charge < -0.3 is 15.2 Å². The summed E-state index contributed by atoms with van der Waals surface area (Å²) in [6.07, 6.45) is 20.8. The van der Waals surface area contributed by atoms with Crippen molar-refractivity contribution in [3.63, 3.8) is 0 Å². The lowest BCUT2D eigenvalue weighted by molar-refractivity contribution is -0.146. The lowest BCUT2D eigenvalue weighted by Gasteiger charge is -2.13. The summed E-state index contributed by atoms with van der Waals surface area (Å²) < 4.78 is 4.52. The molecule has 0 spiro atoms. The number of methoxy groups -OCH3 is 1. The van der Waals surface area contributed by atoms with Gasteiger partial charge in [0.25, 0.3) is 0 Å². The van der Waals surface area contributed by atoms with E-state index in [1.165, 1.54) is 64.9 Å². The second kappa shape index (κ2) is 19.4. The zero-order valence-electron chi connectivity index (χ0n) is 17.5. The molecule has 0 rings (SSSR count). The molecular formula is C22H41NO4. The zero-order chi connectivity index (χ0) is 20.2. The Labute approximate surface area is 165 Å². The molecule has 27 heavy (non-hydrogen) atoms. The van der Waals surface area contributed by atoms with Crippen LogP contribution in [0.5, 0.6) is 0 Å². The van der Waals surface area contributed by atoms with Gasteiger partial charge >= 0.3 is 5.97 Å². The van der Waals surface area contributed by atoms with E-state index in [1.807, 2.05) is 0 Å². The van der Waals surface area contributed by atoms with Crippen LogP contribution in [0.15, 0.2) is 12.2 Å². The van der Waals surface area contributed by atoms with Gasteiger partial charge in [-0.15, -0.1) is 0 Å². The van der Waals surface area contributed by atoms with Crippen LogP contribution in [0.1, 0.15) is 96.8 Å². The Hall–Kier alpha value is -1.36. The topological polar surface area (TPSA) is 75.6 Å². The predicted octanol–water partition coefficient (Wildman–Crippen LogP) is 4.67. The molecule has 0 bridgehead atoms. The highest BCUT2D eigenvalue weighted by Crippen LogP contribution is 2.10. The highest BCUT2D eigenvalue weighted by atomic mass is 16.5. The summed E-state index contributed by atoms with van der Waals surface area (Å²) in [5.74, 6) is -0.826. The molecule has 1 atom stereocenters. The van der Waals surface area contributed by atoms with Crippen LogP contribution in [-0.2, 0) is 14.3 Å². The minimum Gasteiger partial charge on any atom is -0.467 e. The first kappa shape index (κ1) is 25.6. The van der Waals surface area contributed by atoms with E-state index in [2.05, 4.69) is 29.1 Å². The van der Waals surface area contributed by atoms with Crippen molar-refractivity contribution in [2.24, 2.45) is 0 Å². The highest BCUT2D eigenvalue weighted by Gasteiger charge is 2.19. The van der Waals surface area contributed by atoms with E-state index >= 15 is 0 Å². The first-order chi connectivity index (χ1) is 13.2. The Kier molecular flexibility index (Phi) is 18.4. The Bertz CT molecular complexity index is 396. The minimum atomic E-state index is -0.953. The van der Waals surface area contributed by atoms with Gasteiger partial charge in [0, 0.05) is 6.42 Å². The quantitative estimate of drug-likeness (QED) is 0.205. The third-order valence-electron chi connectivity index (χ3n) is 4.67. The second-order valence-electron chi connectivity index (χ2n) is 7.16. The fourth-order valence-corrected chi connectivity index (χ4v) is 2.94. The van der Waals surface area contributed by atoms with Crippen LogP contribution in [0.2, 0.25) is 0 Å². The summed E-state index contributed by atoms with van der Waals surface area (Å²) in [7, 11) is 1.24. The number of esters is 1. The number of rotatable bonds is 18. The number of nitrogens with one attached hydrogen (secondary N) is 1. The lowest BCUT2D eigenvalue weighted by atomic mass is 10.1. The van der Waals surface area contributed by atoms with Crippen LogP contribution < -0.4 is 5.32 Å². The van der Waals surface area contributed by atoms with Crippen molar-refractivity contribution in [1.82, 2.24) is 5.32 Å². The van der Waals surface area contributed by atoms with Crippen LogP contribution in [-0.4, -0.2) is 36.7 Å². The second-order valence-corrected chi connectivity index (χ2v) is 7.16. The van der Waals surface area contributed by atoms with E-state index in [1.54, 1.807) is 0 Å². The summed E-state index contributed by atoms with van der Waals surface area (Å²) in [6, 6.07) is -0.953. The first-order valence-corrected chi connectivity index (χ1v) is 10.8. The maximum atomic E-state index is 11.7. The van der Waals surface area contributed by atoms with Gasteiger partial charge in [-0.05, 0) is 32.1 Å². The number of hydrogen-bond acceptors (Lipinski definition) is 4. The molecule has 5 heteroatoms.